The topological polar surface area (TPSA) is 40.6 Å². The van der Waals surface area contributed by atoms with Gasteiger partial charge in [0.05, 0.1) is 0 Å². The molecule has 0 heterocycles. The van der Waals surface area contributed by atoms with E-state index in [0.717, 1.165) is 15.9 Å². The average Bonchev–Trinajstić information content (AvgIpc) is 2.48. The summed E-state index contributed by atoms with van der Waals surface area (Å²) in [6.45, 7) is 10.2. The van der Waals surface area contributed by atoms with Gasteiger partial charge in [-0.2, -0.15) is 0 Å². The first-order valence-corrected chi connectivity index (χ1v) is 6.48. The maximum atomic E-state index is 13.5. The van der Waals surface area contributed by atoms with Crippen molar-refractivity contribution in [1.29, 1.82) is 0 Å². The van der Waals surface area contributed by atoms with Crippen molar-refractivity contribution < 1.29 is 18.4 Å². The first kappa shape index (κ1) is 19.5. The zero-order valence-corrected chi connectivity index (χ0v) is 12.6. The highest BCUT2D eigenvalue weighted by molar-refractivity contribution is 5.91. The lowest BCUT2D eigenvalue weighted by molar-refractivity contribution is -0.128. The molecule has 0 rings (SSSR count). The van der Waals surface area contributed by atoms with Crippen LogP contribution in [0, 0.1) is 0 Å². The van der Waals surface area contributed by atoms with Crippen LogP contribution >= 0.6 is 0 Å². The van der Waals surface area contributed by atoms with E-state index in [9.17, 15) is 18.4 Å². The van der Waals surface area contributed by atoms with Gasteiger partial charge in [-0.05, 0) is 6.08 Å². The van der Waals surface area contributed by atoms with Gasteiger partial charge in [0.25, 0.3) is 11.8 Å². The van der Waals surface area contributed by atoms with Crippen molar-refractivity contribution in [2.75, 3.05) is 26.7 Å². The first-order valence-electron chi connectivity index (χ1n) is 6.48. The van der Waals surface area contributed by atoms with Gasteiger partial charge in [0.15, 0.2) is 11.7 Å². The summed E-state index contributed by atoms with van der Waals surface area (Å²) in [6.07, 6.45) is 6.58. The van der Waals surface area contributed by atoms with Crippen LogP contribution in [-0.2, 0) is 9.59 Å². The monoisotopic (exact) mass is 310 g/mol. The van der Waals surface area contributed by atoms with E-state index in [2.05, 4.69) is 19.7 Å². The number of amides is 2. The molecule has 0 radical (unpaired) electrons. The van der Waals surface area contributed by atoms with Gasteiger partial charge in [0, 0.05) is 26.7 Å². The zero-order valence-electron chi connectivity index (χ0n) is 12.6. The Bertz CT molecular complexity index is 510. The molecular formula is C16H20F2N2O2. The molecule has 4 nitrogen and oxygen atoms in total. The fourth-order valence-corrected chi connectivity index (χ4v) is 1.44. The molecule has 0 unspecified atom stereocenters. The summed E-state index contributed by atoms with van der Waals surface area (Å²) in [5.41, 5.74) is 0. The lowest BCUT2D eigenvalue weighted by Gasteiger charge is -2.17. The van der Waals surface area contributed by atoms with Gasteiger partial charge >= 0.3 is 0 Å². The molecule has 0 atom stereocenters. The van der Waals surface area contributed by atoms with Gasteiger partial charge in [-0.3, -0.25) is 9.59 Å². The number of carbonyl (C=O) groups is 2. The molecule has 22 heavy (non-hydrogen) atoms. The third-order valence-corrected chi connectivity index (χ3v) is 2.53. The third kappa shape index (κ3) is 6.78. The molecule has 0 fully saturated rings. The molecule has 0 aliphatic carbocycles. The average molecular weight is 310 g/mol. The van der Waals surface area contributed by atoms with Gasteiger partial charge in [0.2, 0.25) is 0 Å². The van der Waals surface area contributed by atoms with Crippen LogP contribution in [0.2, 0.25) is 0 Å². The van der Waals surface area contributed by atoms with Crippen LogP contribution in [0.1, 0.15) is 0 Å². The Labute approximate surface area is 129 Å². The van der Waals surface area contributed by atoms with Gasteiger partial charge < -0.3 is 9.80 Å². The summed E-state index contributed by atoms with van der Waals surface area (Å²) >= 11 is 0. The van der Waals surface area contributed by atoms with E-state index < -0.39 is 23.5 Å². The van der Waals surface area contributed by atoms with Crippen molar-refractivity contribution in [2.45, 2.75) is 0 Å². The summed E-state index contributed by atoms with van der Waals surface area (Å²) in [7, 11) is 1.44. The van der Waals surface area contributed by atoms with Gasteiger partial charge in [0.1, 0.15) is 0 Å². The Hall–Kier alpha value is -2.50. The van der Waals surface area contributed by atoms with Crippen molar-refractivity contribution in [3.05, 3.63) is 61.8 Å². The van der Waals surface area contributed by atoms with Crippen LogP contribution < -0.4 is 0 Å². The smallest absolute Gasteiger partial charge is 0.282 e. The Morgan fingerprint density at radius 3 is 2.14 bits per heavy atom. The van der Waals surface area contributed by atoms with Crippen LogP contribution in [0.25, 0.3) is 0 Å². The van der Waals surface area contributed by atoms with Crippen molar-refractivity contribution in [1.82, 2.24) is 9.80 Å². The summed E-state index contributed by atoms with van der Waals surface area (Å²) in [5, 5.41) is 0. The van der Waals surface area contributed by atoms with E-state index in [1.54, 1.807) is 0 Å². The van der Waals surface area contributed by atoms with Crippen molar-refractivity contribution in [3.8, 4) is 0 Å². The molecule has 0 saturated heterocycles. The number of rotatable bonds is 9. The van der Waals surface area contributed by atoms with Crippen molar-refractivity contribution in [2.24, 2.45) is 0 Å². The molecule has 0 saturated carbocycles. The number of nitrogens with zero attached hydrogens (tertiary/aromatic N) is 2. The highest BCUT2D eigenvalue weighted by atomic mass is 19.1. The van der Waals surface area contributed by atoms with Crippen LogP contribution in [0.3, 0.4) is 0 Å². The fourth-order valence-electron chi connectivity index (χ4n) is 1.44. The molecule has 0 aromatic heterocycles. The standard InChI is InChI=1S/C16H20F2N2O2/c1-5-10-19(4)16(22)14(18)9-7-8-12-20(11-6-2)15(21)13(3)17/h5-9H,1-3,10-12H2,4H3/b8-7+,14-9-. The number of halogens is 2. The maximum Gasteiger partial charge on any atom is 0.282 e. The second-order valence-corrected chi connectivity index (χ2v) is 4.32. The number of carbonyl (C=O) groups excluding carboxylic acids is 2. The molecule has 0 bridgehead atoms. The Kier molecular flexibility index (Phi) is 9.09. The Morgan fingerprint density at radius 1 is 1.05 bits per heavy atom. The second kappa shape index (κ2) is 10.3. The third-order valence-electron chi connectivity index (χ3n) is 2.53. The number of likely N-dealkylation sites (N-methyl/N-ethyl adjacent to an activating group) is 1. The number of allylic oxidation sites excluding steroid dienone is 2. The van der Waals surface area contributed by atoms with Crippen LogP contribution in [0.15, 0.2) is 61.8 Å². The summed E-state index contributed by atoms with van der Waals surface area (Å²) in [4.78, 5) is 25.3. The van der Waals surface area contributed by atoms with E-state index in [4.69, 9.17) is 0 Å². The number of hydrogen-bond acceptors (Lipinski definition) is 2. The molecule has 2 amide bonds. The number of hydrogen-bond donors (Lipinski definition) is 0. The Morgan fingerprint density at radius 2 is 1.64 bits per heavy atom. The van der Waals surface area contributed by atoms with E-state index in [0.29, 0.717) is 0 Å². The predicted molar refractivity (Wildman–Crippen MR) is 83.2 cm³/mol. The van der Waals surface area contributed by atoms with Crippen LogP contribution in [0.5, 0.6) is 0 Å². The van der Waals surface area contributed by atoms with Gasteiger partial charge in [-0.15, -0.1) is 13.2 Å². The van der Waals surface area contributed by atoms with Gasteiger partial charge in [-0.1, -0.05) is 30.9 Å². The van der Waals surface area contributed by atoms with Crippen molar-refractivity contribution >= 4 is 11.8 Å². The largest absolute Gasteiger partial charge is 0.336 e. The lowest BCUT2D eigenvalue weighted by atomic mass is 10.3. The molecule has 0 N–H and O–H groups in total. The fraction of sp³-hybridized carbons (Fsp3) is 0.250. The Balaban J connectivity index is 4.69. The minimum atomic E-state index is -1.08. The van der Waals surface area contributed by atoms with E-state index >= 15 is 0 Å². The van der Waals surface area contributed by atoms with E-state index in [-0.39, 0.29) is 19.6 Å². The summed E-state index contributed by atoms with van der Waals surface area (Å²) in [5.74, 6) is -3.67. The van der Waals surface area contributed by atoms with Crippen LogP contribution in [-0.4, -0.2) is 48.3 Å². The van der Waals surface area contributed by atoms with Gasteiger partial charge in [-0.25, -0.2) is 8.78 Å². The molecule has 120 valence electrons. The highest BCUT2D eigenvalue weighted by Gasteiger charge is 2.14. The minimum Gasteiger partial charge on any atom is -0.336 e. The van der Waals surface area contributed by atoms with Crippen molar-refractivity contribution in [3.63, 3.8) is 0 Å². The highest BCUT2D eigenvalue weighted by Crippen LogP contribution is 2.04. The van der Waals surface area contributed by atoms with E-state index in [1.165, 1.54) is 31.4 Å². The summed E-state index contributed by atoms with van der Waals surface area (Å²) in [6, 6.07) is 0. The molecule has 0 spiro atoms. The minimum absolute atomic E-state index is 0.0360. The maximum absolute atomic E-state index is 13.5. The normalized spacial score (nSPS) is 11.1. The molecule has 0 aromatic carbocycles. The molecule has 0 aromatic rings. The van der Waals surface area contributed by atoms with E-state index in [1.807, 2.05) is 0 Å². The molecule has 6 heteroatoms. The lowest BCUT2D eigenvalue weighted by Crippen LogP contribution is -2.31. The molecular weight excluding hydrogens is 290 g/mol. The summed E-state index contributed by atoms with van der Waals surface area (Å²) < 4.78 is 26.3. The quantitative estimate of drug-likeness (QED) is 0.373. The SMILES string of the molecule is C=CCN(C)C(=O)/C(F)=C/C=C/CN(CC=C)C(=O)C(=C)F. The molecule has 0 aliphatic rings. The zero-order chi connectivity index (χ0) is 17.1. The van der Waals surface area contributed by atoms with Crippen LogP contribution in [0.4, 0.5) is 8.78 Å². The molecule has 0 aliphatic heterocycles. The first-order chi connectivity index (χ1) is 10.3. The second-order valence-electron chi connectivity index (χ2n) is 4.32. The predicted octanol–water partition coefficient (Wildman–Crippen LogP) is 2.54.